The molecule has 5 heteroatoms. The largest absolute Gasteiger partial charge is 0.433 e. The lowest BCUT2D eigenvalue weighted by Gasteiger charge is -2.05. The van der Waals surface area contributed by atoms with Gasteiger partial charge in [0, 0.05) is 11.9 Å². The maximum atomic E-state index is 12.0. The van der Waals surface area contributed by atoms with E-state index in [1.807, 2.05) is 6.26 Å². The normalized spacial score (nSPS) is 11.7. The zero-order valence-electron chi connectivity index (χ0n) is 6.80. The predicted molar refractivity (Wildman–Crippen MR) is 46.2 cm³/mol. The van der Waals surface area contributed by atoms with Crippen molar-refractivity contribution in [3.05, 3.63) is 35.3 Å². The standard InChI is InChI=1S/C8H7F3NS/c1-13-5-6-2-3-7(12-4-6)8(9,10)11/h2-5H,1H3. The van der Waals surface area contributed by atoms with Gasteiger partial charge in [0.2, 0.25) is 0 Å². The molecule has 0 aliphatic carbocycles. The molecular weight excluding hydrogens is 199 g/mol. The molecule has 0 saturated heterocycles. The molecule has 0 fully saturated rings. The van der Waals surface area contributed by atoms with Crippen LogP contribution in [0.1, 0.15) is 11.3 Å². The van der Waals surface area contributed by atoms with Gasteiger partial charge in [0.25, 0.3) is 0 Å². The molecule has 1 aromatic rings. The highest BCUT2D eigenvalue weighted by Gasteiger charge is 2.31. The van der Waals surface area contributed by atoms with Crippen molar-refractivity contribution in [3.63, 3.8) is 0 Å². The van der Waals surface area contributed by atoms with Gasteiger partial charge in [0.1, 0.15) is 5.69 Å². The van der Waals surface area contributed by atoms with E-state index >= 15 is 0 Å². The molecule has 0 spiro atoms. The monoisotopic (exact) mass is 206 g/mol. The maximum absolute atomic E-state index is 12.0. The van der Waals surface area contributed by atoms with Gasteiger partial charge in [-0.05, 0) is 17.9 Å². The molecule has 13 heavy (non-hydrogen) atoms. The summed E-state index contributed by atoms with van der Waals surface area (Å²) in [4.78, 5) is 3.30. The molecule has 71 valence electrons. The first-order valence-corrected chi connectivity index (χ1v) is 4.72. The van der Waals surface area contributed by atoms with E-state index in [0.717, 1.165) is 6.07 Å². The average molecular weight is 206 g/mol. The third kappa shape index (κ3) is 2.91. The number of hydrogen-bond acceptors (Lipinski definition) is 2. The van der Waals surface area contributed by atoms with E-state index in [4.69, 9.17) is 0 Å². The van der Waals surface area contributed by atoms with Crippen molar-refractivity contribution >= 4 is 11.8 Å². The Hall–Kier alpha value is -0.710. The van der Waals surface area contributed by atoms with Crippen molar-refractivity contribution in [3.8, 4) is 0 Å². The van der Waals surface area contributed by atoms with E-state index in [0.29, 0.717) is 5.56 Å². The molecular formula is C8H7F3NS. The number of nitrogens with zero attached hydrogens (tertiary/aromatic N) is 1. The molecule has 0 N–H and O–H groups in total. The highest BCUT2D eigenvalue weighted by Crippen LogP contribution is 2.27. The number of hydrogen-bond donors (Lipinski definition) is 0. The summed E-state index contributed by atoms with van der Waals surface area (Å²) in [6.45, 7) is 0. The molecule has 0 bridgehead atoms. The summed E-state index contributed by atoms with van der Waals surface area (Å²) in [6.07, 6.45) is -1.31. The Morgan fingerprint density at radius 1 is 1.38 bits per heavy atom. The summed E-state index contributed by atoms with van der Waals surface area (Å²) in [7, 11) is 0. The van der Waals surface area contributed by atoms with E-state index in [1.54, 1.807) is 5.75 Å². The van der Waals surface area contributed by atoms with Gasteiger partial charge in [-0.15, -0.1) is 0 Å². The van der Waals surface area contributed by atoms with Crippen molar-refractivity contribution < 1.29 is 13.2 Å². The molecule has 1 rings (SSSR count). The van der Waals surface area contributed by atoms with Crippen LogP contribution in [0.2, 0.25) is 0 Å². The lowest BCUT2D eigenvalue weighted by atomic mass is 10.3. The van der Waals surface area contributed by atoms with Crippen molar-refractivity contribution in [2.75, 3.05) is 6.26 Å². The summed E-state index contributed by atoms with van der Waals surface area (Å²) in [5.41, 5.74) is -0.175. The molecule has 1 heterocycles. The fourth-order valence-electron chi connectivity index (χ4n) is 0.779. The van der Waals surface area contributed by atoms with Gasteiger partial charge in [0.05, 0.1) is 0 Å². The predicted octanol–water partition coefficient (Wildman–Crippen LogP) is 2.97. The lowest BCUT2D eigenvalue weighted by Crippen LogP contribution is -2.07. The first kappa shape index (κ1) is 10.4. The summed E-state index contributed by atoms with van der Waals surface area (Å²) < 4.78 is 36.1. The lowest BCUT2D eigenvalue weighted by molar-refractivity contribution is -0.141. The number of rotatable bonds is 2. The van der Waals surface area contributed by atoms with Gasteiger partial charge in [0.15, 0.2) is 0 Å². The minimum Gasteiger partial charge on any atom is -0.251 e. The third-order valence-electron chi connectivity index (χ3n) is 1.33. The zero-order chi connectivity index (χ0) is 9.90. The first-order chi connectivity index (χ1) is 6.04. The fraction of sp³-hybridized carbons (Fsp3) is 0.250. The third-order valence-corrected chi connectivity index (χ3v) is 1.84. The fourth-order valence-corrected chi connectivity index (χ4v) is 1.19. The summed E-state index contributed by atoms with van der Waals surface area (Å²) in [5, 5.41) is 0. The van der Waals surface area contributed by atoms with Crippen LogP contribution in [-0.2, 0) is 6.18 Å². The second-order valence-corrected chi connectivity index (χ2v) is 3.04. The maximum Gasteiger partial charge on any atom is 0.433 e. The Morgan fingerprint density at radius 3 is 2.46 bits per heavy atom. The van der Waals surface area contributed by atoms with Gasteiger partial charge in [-0.25, -0.2) is 0 Å². The molecule has 0 aliphatic rings. The molecule has 0 aliphatic heterocycles. The van der Waals surface area contributed by atoms with Gasteiger partial charge in [-0.2, -0.15) is 24.9 Å². The van der Waals surface area contributed by atoms with Gasteiger partial charge >= 0.3 is 6.18 Å². The van der Waals surface area contributed by atoms with Crippen molar-refractivity contribution in [2.45, 2.75) is 6.18 Å². The van der Waals surface area contributed by atoms with E-state index < -0.39 is 11.9 Å². The summed E-state index contributed by atoms with van der Waals surface area (Å²) in [6, 6.07) is 2.37. The smallest absolute Gasteiger partial charge is 0.251 e. The number of pyridine rings is 1. The van der Waals surface area contributed by atoms with Gasteiger partial charge < -0.3 is 0 Å². The second-order valence-electron chi connectivity index (χ2n) is 2.33. The van der Waals surface area contributed by atoms with Crippen LogP contribution < -0.4 is 0 Å². The van der Waals surface area contributed by atoms with Crippen LogP contribution in [0, 0.1) is 5.75 Å². The van der Waals surface area contributed by atoms with Crippen LogP contribution in [0.15, 0.2) is 18.3 Å². The molecule has 0 saturated carbocycles. The summed E-state index contributed by atoms with van der Waals surface area (Å²) >= 11 is 1.42. The van der Waals surface area contributed by atoms with E-state index in [2.05, 4.69) is 4.98 Å². The average Bonchev–Trinajstić information content (AvgIpc) is 2.04. The molecule has 0 amide bonds. The Morgan fingerprint density at radius 2 is 2.08 bits per heavy atom. The Balaban J connectivity index is 2.81. The minimum atomic E-state index is -4.35. The van der Waals surface area contributed by atoms with Crippen molar-refractivity contribution in [1.82, 2.24) is 4.98 Å². The van der Waals surface area contributed by atoms with Crippen LogP contribution >= 0.6 is 11.8 Å². The summed E-state index contributed by atoms with van der Waals surface area (Å²) in [5.74, 6) is 1.73. The van der Waals surface area contributed by atoms with Crippen molar-refractivity contribution in [2.24, 2.45) is 0 Å². The van der Waals surface area contributed by atoms with E-state index in [1.165, 1.54) is 24.0 Å². The van der Waals surface area contributed by atoms with Crippen LogP contribution in [0.3, 0.4) is 0 Å². The van der Waals surface area contributed by atoms with E-state index in [9.17, 15) is 13.2 Å². The molecule has 0 unspecified atom stereocenters. The Kier molecular flexibility index (Phi) is 3.19. The van der Waals surface area contributed by atoms with E-state index in [-0.39, 0.29) is 0 Å². The van der Waals surface area contributed by atoms with Gasteiger partial charge in [-0.1, -0.05) is 6.07 Å². The molecule has 1 nitrogen and oxygen atoms in total. The van der Waals surface area contributed by atoms with Crippen molar-refractivity contribution in [1.29, 1.82) is 0 Å². The van der Waals surface area contributed by atoms with Crippen LogP contribution in [0.25, 0.3) is 0 Å². The molecule has 1 aromatic heterocycles. The molecule has 1 radical (unpaired) electrons. The van der Waals surface area contributed by atoms with Crippen LogP contribution in [-0.4, -0.2) is 11.2 Å². The van der Waals surface area contributed by atoms with Crippen LogP contribution in [0.4, 0.5) is 13.2 Å². The minimum absolute atomic E-state index is 0.681. The highest BCUT2D eigenvalue weighted by atomic mass is 32.2. The Labute approximate surface area is 78.4 Å². The topological polar surface area (TPSA) is 12.9 Å². The number of aromatic nitrogens is 1. The number of thioether (sulfide) groups is 1. The SMILES string of the molecule is CS[CH]c1ccc(C(F)(F)F)nc1. The van der Waals surface area contributed by atoms with Gasteiger partial charge in [-0.3, -0.25) is 4.98 Å². The first-order valence-electron chi connectivity index (χ1n) is 3.43. The molecule has 0 atom stereocenters. The Bertz CT molecular complexity index is 268. The second kappa shape index (κ2) is 4.00. The zero-order valence-corrected chi connectivity index (χ0v) is 7.62. The number of halogens is 3. The van der Waals surface area contributed by atoms with Crippen LogP contribution in [0.5, 0.6) is 0 Å². The molecule has 0 aromatic carbocycles. The highest BCUT2D eigenvalue weighted by molar-refractivity contribution is 8.00. The number of alkyl halides is 3. The quantitative estimate of drug-likeness (QED) is 0.737.